The zero-order valence-electron chi connectivity index (χ0n) is 12.1. The number of hydrogen-bond acceptors (Lipinski definition) is 4. The highest BCUT2D eigenvalue weighted by atomic mass is 16.5. The first-order chi connectivity index (χ1) is 10.7. The summed E-state index contributed by atoms with van der Waals surface area (Å²) in [5, 5.41) is 2.88. The SMILES string of the molecule is COc1ccccc1CNC(=O)c1cccc2[nH]c(N)nc12. The number of carbonyl (C=O) groups excluding carboxylic acids is 1. The zero-order chi connectivity index (χ0) is 15.5. The van der Waals surface area contributed by atoms with E-state index < -0.39 is 0 Å². The first-order valence-corrected chi connectivity index (χ1v) is 6.83. The van der Waals surface area contributed by atoms with Crippen LogP contribution in [0.1, 0.15) is 15.9 Å². The number of methoxy groups -OCH3 is 1. The van der Waals surface area contributed by atoms with Crippen molar-refractivity contribution in [3.8, 4) is 5.75 Å². The molecule has 6 heteroatoms. The summed E-state index contributed by atoms with van der Waals surface area (Å²) in [7, 11) is 1.61. The Labute approximate surface area is 127 Å². The average molecular weight is 296 g/mol. The lowest BCUT2D eigenvalue weighted by atomic mass is 10.1. The average Bonchev–Trinajstić information content (AvgIpc) is 2.92. The van der Waals surface area contributed by atoms with Crippen LogP contribution in [0.3, 0.4) is 0 Å². The normalized spacial score (nSPS) is 10.6. The fourth-order valence-corrected chi connectivity index (χ4v) is 2.35. The molecule has 0 atom stereocenters. The van der Waals surface area contributed by atoms with Crippen LogP contribution in [0.25, 0.3) is 11.0 Å². The summed E-state index contributed by atoms with van der Waals surface area (Å²) < 4.78 is 5.27. The number of aromatic nitrogens is 2. The zero-order valence-corrected chi connectivity index (χ0v) is 12.1. The number of carbonyl (C=O) groups is 1. The Balaban J connectivity index is 1.82. The molecule has 112 valence electrons. The second kappa shape index (κ2) is 5.77. The third kappa shape index (κ3) is 2.58. The van der Waals surface area contributed by atoms with Crippen molar-refractivity contribution in [1.29, 1.82) is 0 Å². The van der Waals surface area contributed by atoms with E-state index in [1.807, 2.05) is 30.3 Å². The molecule has 0 spiro atoms. The van der Waals surface area contributed by atoms with Gasteiger partial charge in [0.1, 0.15) is 11.3 Å². The van der Waals surface area contributed by atoms with Crippen molar-refractivity contribution in [1.82, 2.24) is 15.3 Å². The molecule has 22 heavy (non-hydrogen) atoms. The summed E-state index contributed by atoms with van der Waals surface area (Å²) in [4.78, 5) is 19.5. The molecule has 0 saturated heterocycles. The van der Waals surface area contributed by atoms with Crippen molar-refractivity contribution in [2.24, 2.45) is 0 Å². The number of nitrogens with one attached hydrogen (secondary N) is 2. The number of aromatic amines is 1. The van der Waals surface area contributed by atoms with Crippen LogP contribution in [0, 0.1) is 0 Å². The molecule has 4 N–H and O–H groups in total. The van der Waals surface area contributed by atoms with E-state index in [4.69, 9.17) is 10.5 Å². The molecular weight excluding hydrogens is 280 g/mol. The summed E-state index contributed by atoms with van der Waals surface area (Å²) in [6.45, 7) is 0.374. The van der Waals surface area contributed by atoms with Crippen LogP contribution in [-0.4, -0.2) is 23.0 Å². The monoisotopic (exact) mass is 296 g/mol. The van der Waals surface area contributed by atoms with Crippen LogP contribution in [0.2, 0.25) is 0 Å². The van der Waals surface area contributed by atoms with E-state index in [1.54, 1.807) is 19.2 Å². The second-order valence-electron chi connectivity index (χ2n) is 4.82. The Morgan fingerprint density at radius 3 is 2.91 bits per heavy atom. The van der Waals surface area contributed by atoms with E-state index in [1.165, 1.54) is 0 Å². The highest BCUT2D eigenvalue weighted by molar-refractivity contribution is 6.05. The number of nitrogens with two attached hydrogens (primary N) is 1. The number of para-hydroxylation sites is 2. The lowest BCUT2D eigenvalue weighted by Gasteiger charge is -2.09. The molecule has 0 aliphatic rings. The molecule has 1 heterocycles. The topological polar surface area (TPSA) is 93.0 Å². The maximum atomic E-state index is 12.4. The summed E-state index contributed by atoms with van der Waals surface area (Å²) >= 11 is 0. The van der Waals surface area contributed by atoms with E-state index in [0.29, 0.717) is 23.6 Å². The number of imidazole rings is 1. The van der Waals surface area contributed by atoms with Gasteiger partial charge in [-0.1, -0.05) is 24.3 Å². The maximum Gasteiger partial charge on any atom is 0.253 e. The van der Waals surface area contributed by atoms with Crippen LogP contribution in [0.5, 0.6) is 5.75 Å². The summed E-state index contributed by atoms with van der Waals surface area (Å²) in [5.41, 5.74) is 8.35. The number of fused-ring (bicyclic) bond motifs is 1. The molecule has 0 saturated carbocycles. The van der Waals surface area contributed by atoms with Gasteiger partial charge in [-0.15, -0.1) is 0 Å². The predicted molar refractivity (Wildman–Crippen MR) is 84.7 cm³/mol. The fourth-order valence-electron chi connectivity index (χ4n) is 2.35. The number of benzene rings is 2. The number of anilines is 1. The van der Waals surface area contributed by atoms with E-state index in [0.717, 1.165) is 16.8 Å². The standard InChI is InChI=1S/C16H16N4O2/c1-22-13-8-3-2-5-10(13)9-18-15(21)11-6-4-7-12-14(11)20-16(17)19-12/h2-8H,9H2,1H3,(H,18,21)(H3,17,19,20). The highest BCUT2D eigenvalue weighted by Gasteiger charge is 2.13. The van der Waals surface area contributed by atoms with Crippen LogP contribution in [0.4, 0.5) is 5.95 Å². The number of H-pyrrole nitrogens is 1. The van der Waals surface area contributed by atoms with Gasteiger partial charge in [0, 0.05) is 12.1 Å². The van der Waals surface area contributed by atoms with Gasteiger partial charge >= 0.3 is 0 Å². The molecular formula is C16H16N4O2. The van der Waals surface area contributed by atoms with Crippen LogP contribution in [0.15, 0.2) is 42.5 Å². The third-order valence-corrected chi connectivity index (χ3v) is 3.41. The summed E-state index contributed by atoms with van der Waals surface area (Å²) in [5.74, 6) is 0.827. The molecule has 0 radical (unpaired) electrons. The van der Waals surface area contributed by atoms with Crippen LogP contribution >= 0.6 is 0 Å². The molecule has 3 aromatic rings. The molecule has 0 fully saturated rings. The largest absolute Gasteiger partial charge is 0.496 e. The number of hydrogen-bond donors (Lipinski definition) is 3. The van der Waals surface area contributed by atoms with Gasteiger partial charge in [0.25, 0.3) is 5.91 Å². The first-order valence-electron chi connectivity index (χ1n) is 6.83. The van der Waals surface area contributed by atoms with E-state index in [-0.39, 0.29) is 5.91 Å². The Morgan fingerprint density at radius 2 is 2.09 bits per heavy atom. The van der Waals surface area contributed by atoms with Crippen LogP contribution < -0.4 is 15.8 Å². The fraction of sp³-hybridized carbons (Fsp3) is 0.125. The van der Waals surface area contributed by atoms with Crippen molar-refractivity contribution in [3.05, 3.63) is 53.6 Å². The molecule has 1 amide bonds. The Kier molecular flexibility index (Phi) is 3.65. The minimum atomic E-state index is -0.206. The molecule has 0 unspecified atom stereocenters. The second-order valence-corrected chi connectivity index (χ2v) is 4.82. The number of nitrogens with zero attached hydrogens (tertiary/aromatic N) is 1. The van der Waals surface area contributed by atoms with Gasteiger partial charge in [0.15, 0.2) is 5.95 Å². The molecule has 0 bridgehead atoms. The van der Waals surface area contributed by atoms with Crippen molar-refractivity contribution in [2.45, 2.75) is 6.54 Å². The van der Waals surface area contributed by atoms with Gasteiger partial charge in [-0.3, -0.25) is 4.79 Å². The summed E-state index contributed by atoms with van der Waals surface area (Å²) in [6.07, 6.45) is 0. The van der Waals surface area contributed by atoms with E-state index >= 15 is 0 Å². The molecule has 6 nitrogen and oxygen atoms in total. The number of nitrogen functional groups attached to an aromatic ring is 1. The highest BCUT2D eigenvalue weighted by Crippen LogP contribution is 2.19. The third-order valence-electron chi connectivity index (χ3n) is 3.41. The van der Waals surface area contributed by atoms with Gasteiger partial charge in [-0.05, 0) is 18.2 Å². The quantitative estimate of drug-likeness (QED) is 0.687. The molecule has 2 aromatic carbocycles. The molecule has 0 aliphatic heterocycles. The molecule has 3 rings (SSSR count). The van der Waals surface area contributed by atoms with Gasteiger partial charge < -0.3 is 20.8 Å². The molecule has 1 aromatic heterocycles. The van der Waals surface area contributed by atoms with E-state index in [9.17, 15) is 4.79 Å². The maximum absolute atomic E-state index is 12.4. The lowest BCUT2D eigenvalue weighted by molar-refractivity contribution is 0.0952. The lowest BCUT2D eigenvalue weighted by Crippen LogP contribution is -2.23. The van der Waals surface area contributed by atoms with E-state index in [2.05, 4.69) is 15.3 Å². The number of rotatable bonds is 4. The smallest absolute Gasteiger partial charge is 0.253 e. The van der Waals surface area contributed by atoms with Crippen molar-refractivity contribution in [2.75, 3.05) is 12.8 Å². The van der Waals surface area contributed by atoms with Crippen molar-refractivity contribution < 1.29 is 9.53 Å². The summed E-state index contributed by atoms with van der Waals surface area (Å²) in [6, 6.07) is 12.9. The minimum Gasteiger partial charge on any atom is -0.496 e. The predicted octanol–water partition coefficient (Wildman–Crippen LogP) is 2.08. The van der Waals surface area contributed by atoms with Crippen molar-refractivity contribution in [3.63, 3.8) is 0 Å². The molecule has 0 aliphatic carbocycles. The Hall–Kier alpha value is -3.02. The van der Waals surface area contributed by atoms with Gasteiger partial charge in [0.2, 0.25) is 0 Å². The van der Waals surface area contributed by atoms with Crippen molar-refractivity contribution >= 4 is 22.9 Å². The van der Waals surface area contributed by atoms with Gasteiger partial charge in [-0.25, -0.2) is 4.98 Å². The first kappa shape index (κ1) is 13.9. The van der Waals surface area contributed by atoms with Gasteiger partial charge in [0.05, 0.1) is 18.2 Å². The van der Waals surface area contributed by atoms with Crippen LogP contribution in [-0.2, 0) is 6.54 Å². The Morgan fingerprint density at radius 1 is 1.27 bits per heavy atom. The number of ether oxygens (including phenoxy) is 1. The number of amides is 1. The minimum absolute atomic E-state index is 0.206. The van der Waals surface area contributed by atoms with Gasteiger partial charge in [-0.2, -0.15) is 0 Å². The Bertz CT molecular complexity index is 826.